The Bertz CT molecular complexity index is 1330. The Kier molecular flexibility index (Phi) is 5.68. The van der Waals surface area contributed by atoms with Gasteiger partial charge in [-0.2, -0.15) is 0 Å². The summed E-state index contributed by atoms with van der Waals surface area (Å²) in [7, 11) is -3.86. The van der Waals surface area contributed by atoms with Gasteiger partial charge >= 0.3 is 0 Å². The minimum atomic E-state index is -3.86. The molecule has 3 N–H and O–H groups in total. The number of aromatic amines is 1. The fourth-order valence-electron chi connectivity index (χ4n) is 3.27. The van der Waals surface area contributed by atoms with Crippen LogP contribution >= 0.6 is 0 Å². The third-order valence-corrected chi connectivity index (χ3v) is 6.48. The second-order valence-corrected chi connectivity index (χ2v) is 9.45. The number of pyridine rings is 1. The molecule has 0 unspecified atom stereocenters. The number of ketones is 1. The molecule has 2 heterocycles. The van der Waals surface area contributed by atoms with Crippen LogP contribution < -0.4 is 10.0 Å². The molecule has 0 bridgehead atoms. The summed E-state index contributed by atoms with van der Waals surface area (Å²) in [5, 5.41) is 3.02. The molecule has 4 rings (SSSR count). The quantitative estimate of drug-likeness (QED) is 0.444. The molecule has 8 nitrogen and oxygen atoms in total. The number of hydrogen-bond donors (Lipinski definition) is 3. The number of hydrogen-bond acceptors (Lipinski definition) is 5. The molecule has 0 saturated heterocycles. The maximum Gasteiger partial charge on any atom is 0.253 e. The van der Waals surface area contributed by atoms with Crippen LogP contribution in [0.5, 0.6) is 0 Å². The Morgan fingerprint density at radius 2 is 2.00 bits per heavy atom. The van der Waals surface area contributed by atoms with Crippen LogP contribution in [0.25, 0.3) is 11.0 Å². The first-order chi connectivity index (χ1) is 15.2. The van der Waals surface area contributed by atoms with Gasteiger partial charge in [0.2, 0.25) is 15.8 Å². The number of H-pyrrole nitrogens is 1. The number of benzene rings is 1. The van der Waals surface area contributed by atoms with Crippen molar-refractivity contribution < 1.29 is 26.8 Å². The van der Waals surface area contributed by atoms with Crippen LogP contribution in [-0.2, 0) is 10.0 Å². The van der Waals surface area contributed by atoms with E-state index in [9.17, 15) is 22.4 Å². The lowest BCUT2D eigenvalue weighted by Gasteiger charge is -2.11. The number of anilines is 1. The number of sulfonamides is 1. The zero-order valence-corrected chi connectivity index (χ0v) is 17.9. The molecule has 0 radical (unpaired) electrons. The number of carbonyl (C=O) groups excluding carboxylic acids is 2. The van der Waals surface area contributed by atoms with E-state index in [0.29, 0.717) is 6.42 Å². The van der Waals surface area contributed by atoms with E-state index in [2.05, 4.69) is 15.3 Å². The van der Waals surface area contributed by atoms with E-state index in [1.54, 1.807) is 6.92 Å². The van der Waals surface area contributed by atoms with Gasteiger partial charge in [-0.1, -0.05) is 6.92 Å². The first-order valence-corrected chi connectivity index (χ1v) is 11.7. The molecule has 11 heteroatoms. The number of nitrogens with one attached hydrogen (secondary N) is 3. The maximum absolute atomic E-state index is 15.0. The SMILES string of the molecule is CCCS(=O)(=O)Nc1ccc(F)c(C(=O)c2c[nH]c3ncc(C(=O)NC4CC4)cc23)c1F. The summed E-state index contributed by atoms with van der Waals surface area (Å²) in [6, 6.07) is 3.29. The molecule has 1 aliphatic rings. The summed E-state index contributed by atoms with van der Waals surface area (Å²) in [6.45, 7) is 1.64. The highest BCUT2D eigenvalue weighted by atomic mass is 32.2. The van der Waals surface area contributed by atoms with Crippen molar-refractivity contribution in [2.75, 3.05) is 10.5 Å². The van der Waals surface area contributed by atoms with E-state index in [1.807, 2.05) is 4.72 Å². The van der Waals surface area contributed by atoms with Crippen molar-refractivity contribution in [3.05, 3.63) is 58.9 Å². The third-order valence-electron chi connectivity index (χ3n) is 5.01. The molecule has 1 amide bonds. The van der Waals surface area contributed by atoms with Gasteiger partial charge in [-0.05, 0) is 37.5 Å². The van der Waals surface area contributed by atoms with Gasteiger partial charge in [0.15, 0.2) is 5.82 Å². The second kappa shape index (κ2) is 8.30. The minimum Gasteiger partial charge on any atom is -0.349 e. The lowest BCUT2D eigenvalue weighted by atomic mass is 10.0. The molecular formula is C21H20F2N4O4S. The summed E-state index contributed by atoms with van der Waals surface area (Å²) in [4.78, 5) is 32.2. The summed E-state index contributed by atoms with van der Waals surface area (Å²) >= 11 is 0. The fourth-order valence-corrected chi connectivity index (χ4v) is 4.41. The molecule has 1 aliphatic carbocycles. The van der Waals surface area contributed by atoms with Crippen molar-refractivity contribution >= 4 is 38.4 Å². The van der Waals surface area contributed by atoms with Crippen molar-refractivity contribution in [2.45, 2.75) is 32.2 Å². The van der Waals surface area contributed by atoms with Crippen LogP contribution in [0.4, 0.5) is 14.5 Å². The van der Waals surface area contributed by atoms with Crippen LogP contribution in [0.2, 0.25) is 0 Å². The van der Waals surface area contributed by atoms with Crippen molar-refractivity contribution in [1.29, 1.82) is 0 Å². The van der Waals surface area contributed by atoms with E-state index in [0.717, 1.165) is 25.0 Å². The Hall–Kier alpha value is -3.34. The molecule has 0 atom stereocenters. The van der Waals surface area contributed by atoms with E-state index < -0.39 is 38.7 Å². The number of nitrogens with zero attached hydrogens (tertiary/aromatic N) is 1. The van der Waals surface area contributed by atoms with Gasteiger partial charge in [-0.25, -0.2) is 22.2 Å². The zero-order valence-electron chi connectivity index (χ0n) is 17.0. The van der Waals surface area contributed by atoms with Crippen LogP contribution in [0, 0.1) is 11.6 Å². The van der Waals surface area contributed by atoms with Gasteiger partial charge in [0.25, 0.3) is 5.91 Å². The van der Waals surface area contributed by atoms with E-state index in [-0.39, 0.29) is 39.9 Å². The minimum absolute atomic E-state index is 0.0973. The highest BCUT2D eigenvalue weighted by molar-refractivity contribution is 7.92. The number of rotatable bonds is 8. The molecule has 32 heavy (non-hydrogen) atoms. The van der Waals surface area contributed by atoms with Gasteiger partial charge < -0.3 is 10.3 Å². The number of fused-ring (bicyclic) bond motifs is 1. The summed E-state index contributed by atoms with van der Waals surface area (Å²) in [5.74, 6) is -4.08. The van der Waals surface area contributed by atoms with Crippen LogP contribution in [0.15, 0.2) is 30.6 Å². The van der Waals surface area contributed by atoms with Crippen molar-refractivity contribution in [1.82, 2.24) is 15.3 Å². The maximum atomic E-state index is 15.0. The van der Waals surface area contributed by atoms with Crippen LogP contribution in [0.1, 0.15) is 52.5 Å². The fraction of sp³-hybridized carbons (Fsp3) is 0.286. The summed E-state index contributed by atoms with van der Waals surface area (Å²) in [6.07, 6.45) is 4.67. The molecule has 3 aromatic rings. The molecule has 1 fully saturated rings. The zero-order chi connectivity index (χ0) is 23.0. The first kappa shape index (κ1) is 21.9. The highest BCUT2D eigenvalue weighted by Gasteiger charge is 2.27. The summed E-state index contributed by atoms with van der Waals surface area (Å²) < 4.78 is 55.5. The van der Waals surface area contributed by atoms with Gasteiger partial charge in [-0.3, -0.25) is 14.3 Å². The molecule has 1 saturated carbocycles. The molecular weight excluding hydrogens is 442 g/mol. The first-order valence-electron chi connectivity index (χ1n) is 10.0. The Morgan fingerprint density at radius 1 is 1.25 bits per heavy atom. The van der Waals surface area contributed by atoms with Gasteiger partial charge in [-0.15, -0.1) is 0 Å². The standard InChI is InChI=1S/C21H20F2N4O4S/c1-2-7-32(30,31)27-16-6-5-15(22)17(18(16)23)19(28)14-10-25-20-13(14)8-11(9-24-20)21(29)26-12-3-4-12/h5-6,8-10,12,27H,2-4,7H2,1H3,(H,24,25)(H,26,29). The summed E-state index contributed by atoms with van der Waals surface area (Å²) in [5.41, 5.74) is -1.06. The molecule has 0 aliphatic heterocycles. The topological polar surface area (TPSA) is 121 Å². The van der Waals surface area contributed by atoms with Crippen LogP contribution in [-0.4, -0.2) is 41.9 Å². The predicted molar refractivity (Wildman–Crippen MR) is 114 cm³/mol. The Labute approximate surface area is 182 Å². The number of amides is 1. The van der Waals surface area contributed by atoms with Gasteiger partial charge in [0.1, 0.15) is 11.5 Å². The predicted octanol–water partition coefficient (Wildman–Crippen LogP) is 3.12. The van der Waals surface area contributed by atoms with E-state index in [4.69, 9.17) is 0 Å². The van der Waals surface area contributed by atoms with Crippen molar-refractivity contribution in [3.8, 4) is 0 Å². The lowest BCUT2D eigenvalue weighted by Crippen LogP contribution is -2.25. The van der Waals surface area contributed by atoms with E-state index in [1.165, 1.54) is 18.5 Å². The number of halogens is 2. The highest BCUT2D eigenvalue weighted by Crippen LogP contribution is 2.28. The molecule has 1 aromatic carbocycles. The smallest absolute Gasteiger partial charge is 0.253 e. The monoisotopic (exact) mass is 462 g/mol. The average molecular weight is 462 g/mol. The Balaban J connectivity index is 1.72. The average Bonchev–Trinajstić information content (AvgIpc) is 3.45. The normalized spacial score (nSPS) is 13.8. The molecule has 0 spiro atoms. The Morgan fingerprint density at radius 3 is 2.69 bits per heavy atom. The van der Waals surface area contributed by atoms with Gasteiger partial charge in [0, 0.05) is 29.4 Å². The number of aromatic nitrogens is 2. The van der Waals surface area contributed by atoms with E-state index >= 15 is 4.39 Å². The van der Waals surface area contributed by atoms with Crippen molar-refractivity contribution in [2.24, 2.45) is 0 Å². The largest absolute Gasteiger partial charge is 0.349 e. The number of carbonyl (C=O) groups is 2. The lowest BCUT2D eigenvalue weighted by molar-refractivity contribution is 0.0949. The molecule has 168 valence electrons. The van der Waals surface area contributed by atoms with Crippen molar-refractivity contribution in [3.63, 3.8) is 0 Å². The second-order valence-electron chi connectivity index (χ2n) is 7.60. The van der Waals surface area contributed by atoms with Crippen LogP contribution in [0.3, 0.4) is 0 Å². The van der Waals surface area contributed by atoms with Gasteiger partial charge in [0.05, 0.1) is 22.6 Å². The third kappa shape index (κ3) is 4.33. The molecule has 2 aromatic heterocycles.